The molecule has 2 amide bonds. The van der Waals surface area contributed by atoms with Gasteiger partial charge < -0.3 is 15.4 Å². The van der Waals surface area contributed by atoms with Crippen LogP contribution < -0.4 is 10.6 Å². The second-order valence-electron chi connectivity index (χ2n) is 6.59. The van der Waals surface area contributed by atoms with Crippen molar-refractivity contribution in [3.05, 3.63) is 60.2 Å². The maximum Gasteiger partial charge on any atom is 0.339 e. The van der Waals surface area contributed by atoms with Gasteiger partial charge in [-0.1, -0.05) is 37.3 Å². The molecule has 0 fully saturated rings. The molecule has 0 saturated carbocycles. The first-order valence-corrected chi connectivity index (χ1v) is 9.53. The van der Waals surface area contributed by atoms with E-state index < -0.39 is 12.0 Å². The lowest BCUT2D eigenvalue weighted by molar-refractivity contribution is -0.123. The van der Waals surface area contributed by atoms with Gasteiger partial charge in [0.1, 0.15) is 0 Å². The average Bonchev–Trinajstić information content (AvgIpc) is 2.73. The quantitative estimate of drug-likeness (QED) is 0.635. The van der Waals surface area contributed by atoms with Gasteiger partial charge in [0.15, 0.2) is 0 Å². The Kier molecular flexibility index (Phi) is 8.36. The lowest BCUT2D eigenvalue weighted by Crippen LogP contribution is -2.46. The molecule has 0 aliphatic heterocycles. The molecule has 0 radical (unpaired) electrons. The Morgan fingerprint density at radius 1 is 1.00 bits per heavy atom. The third kappa shape index (κ3) is 6.43. The van der Waals surface area contributed by atoms with E-state index in [-0.39, 0.29) is 23.9 Å². The number of rotatable bonds is 9. The Balaban J connectivity index is 2.05. The lowest BCUT2D eigenvalue weighted by Gasteiger charge is -2.27. The number of methoxy groups -OCH3 is 1. The van der Waals surface area contributed by atoms with Gasteiger partial charge in [0.25, 0.3) is 0 Å². The standard InChI is InChI=1S/C22H27N3O4/c1-4-14-25(16(2)21(27)23-17-10-6-5-7-11-17)15-20(26)24-19-13-9-8-12-18(19)22(28)29-3/h5-13,16H,4,14-15H2,1-3H3,(H,23,27)(H,24,26). The highest BCUT2D eigenvalue weighted by molar-refractivity contribution is 6.02. The summed E-state index contributed by atoms with van der Waals surface area (Å²) < 4.78 is 4.75. The topological polar surface area (TPSA) is 87.7 Å². The van der Waals surface area contributed by atoms with Gasteiger partial charge in [0.2, 0.25) is 11.8 Å². The third-order valence-corrected chi connectivity index (χ3v) is 4.43. The number of carbonyl (C=O) groups is 3. The molecule has 0 aliphatic rings. The van der Waals surface area contributed by atoms with Crippen LogP contribution in [-0.4, -0.2) is 48.9 Å². The number of nitrogens with one attached hydrogen (secondary N) is 2. The van der Waals surface area contributed by atoms with Crippen LogP contribution in [0.5, 0.6) is 0 Å². The molecule has 154 valence electrons. The predicted molar refractivity (Wildman–Crippen MR) is 113 cm³/mol. The molecule has 1 unspecified atom stereocenters. The number of nitrogens with zero attached hydrogens (tertiary/aromatic N) is 1. The van der Waals surface area contributed by atoms with Gasteiger partial charge in [-0.15, -0.1) is 0 Å². The molecule has 0 bridgehead atoms. The van der Waals surface area contributed by atoms with Gasteiger partial charge in [0, 0.05) is 5.69 Å². The predicted octanol–water partition coefficient (Wildman–Crippen LogP) is 3.15. The normalized spacial score (nSPS) is 11.6. The summed E-state index contributed by atoms with van der Waals surface area (Å²) in [5.74, 6) is -1.02. The van der Waals surface area contributed by atoms with E-state index in [1.54, 1.807) is 36.1 Å². The van der Waals surface area contributed by atoms with Crippen LogP contribution >= 0.6 is 0 Å². The van der Waals surface area contributed by atoms with Crippen molar-refractivity contribution >= 4 is 29.2 Å². The molecule has 0 aromatic heterocycles. The van der Waals surface area contributed by atoms with E-state index in [0.29, 0.717) is 17.9 Å². The molecule has 2 N–H and O–H groups in total. The smallest absolute Gasteiger partial charge is 0.339 e. The molecule has 29 heavy (non-hydrogen) atoms. The lowest BCUT2D eigenvalue weighted by atomic mass is 10.1. The van der Waals surface area contributed by atoms with Crippen LogP contribution in [0.1, 0.15) is 30.6 Å². The molecule has 0 saturated heterocycles. The van der Waals surface area contributed by atoms with Crippen molar-refractivity contribution in [1.29, 1.82) is 0 Å². The number of hydrogen-bond acceptors (Lipinski definition) is 5. The van der Waals surface area contributed by atoms with E-state index in [2.05, 4.69) is 10.6 Å². The molecule has 0 aliphatic carbocycles. The van der Waals surface area contributed by atoms with Crippen LogP contribution in [0.15, 0.2) is 54.6 Å². The summed E-state index contributed by atoms with van der Waals surface area (Å²) in [6.07, 6.45) is 0.787. The van der Waals surface area contributed by atoms with Crippen molar-refractivity contribution in [2.24, 2.45) is 0 Å². The molecular formula is C22H27N3O4. The molecule has 0 spiro atoms. The Bertz CT molecular complexity index is 839. The number of carbonyl (C=O) groups excluding carboxylic acids is 3. The summed E-state index contributed by atoms with van der Waals surface area (Å²) in [5, 5.41) is 5.61. The summed E-state index contributed by atoms with van der Waals surface area (Å²) in [5.41, 5.74) is 1.36. The second kappa shape index (κ2) is 11.0. The van der Waals surface area contributed by atoms with Gasteiger partial charge >= 0.3 is 5.97 Å². The molecule has 2 aromatic rings. The van der Waals surface area contributed by atoms with Crippen molar-refractivity contribution in [3.63, 3.8) is 0 Å². The monoisotopic (exact) mass is 397 g/mol. The average molecular weight is 397 g/mol. The number of para-hydroxylation sites is 2. The molecule has 7 heteroatoms. The fourth-order valence-corrected chi connectivity index (χ4v) is 2.89. The zero-order chi connectivity index (χ0) is 21.2. The molecule has 0 heterocycles. The van der Waals surface area contributed by atoms with Gasteiger partial charge in [0.05, 0.1) is 30.9 Å². The number of amides is 2. The first kappa shape index (κ1) is 22.1. The number of hydrogen-bond donors (Lipinski definition) is 2. The highest BCUT2D eigenvalue weighted by atomic mass is 16.5. The minimum absolute atomic E-state index is 0.0206. The second-order valence-corrected chi connectivity index (χ2v) is 6.59. The first-order chi connectivity index (χ1) is 14.0. The van der Waals surface area contributed by atoms with Crippen molar-refractivity contribution in [3.8, 4) is 0 Å². The van der Waals surface area contributed by atoms with E-state index in [4.69, 9.17) is 4.74 Å². The maximum absolute atomic E-state index is 12.6. The van der Waals surface area contributed by atoms with Crippen LogP contribution in [-0.2, 0) is 14.3 Å². The van der Waals surface area contributed by atoms with Crippen LogP contribution in [0.25, 0.3) is 0 Å². The molecule has 2 rings (SSSR count). The summed E-state index contributed by atoms with van der Waals surface area (Å²) in [4.78, 5) is 38.9. The molecule has 7 nitrogen and oxygen atoms in total. The van der Waals surface area contributed by atoms with E-state index in [1.165, 1.54) is 7.11 Å². The Labute approximate surface area is 171 Å². The molecule has 2 aromatic carbocycles. The van der Waals surface area contributed by atoms with Crippen LogP contribution in [0.4, 0.5) is 11.4 Å². The van der Waals surface area contributed by atoms with Gasteiger partial charge in [-0.25, -0.2) is 4.79 Å². The van der Waals surface area contributed by atoms with Crippen LogP contribution in [0, 0.1) is 0 Å². The SMILES string of the molecule is CCCN(CC(=O)Nc1ccccc1C(=O)OC)C(C)C(=O)Nc1ccccc1. The number of esters is 1. The van der Waals surface area contributed by atoms with E-state index in [9.17, 15) is 14.4 Å². The van der Waals surface area contributed by atoms with Crippen LogP contribution in [0.2, 0.25) is 0 Å². The van der Waals surface area contributed by atoms with Gasteiger partial charge in [-0.2, -0.15) is 0 Å². The van der Waals surface area contributed by atoms with E-state index in [1.807, 2.05) is 37.3 Å². The summed E-state index contributed by atoms with van der Waals surface area (Å²) >= 11 is 0. The highest BCUT2D eigenvalue weighted by Gasteiger charge is 2.23. The van der Waals surface area contributed by atoms with E-state index >= 15 is 0 Å². The van der Waals surface area contributed by atoms with Crippen LogP contribution in [0.3, 0.4) is 0 Å². The fourth-order valence-electron chi connectivity index (χ4n) is 2.89. The Morgan fingerprint density at radius 3 is 2.31 bits per heavy atom. The van der Waals surface area contributed by atoms with Crippen molar-refractivity contribution < 1.29 is 19.1 Å². The van der Waals surface area contributed by atoms with Crippen molar-refractivity contribution in [2.45, 2.75) is 26.3 Å². The largest absolute Gasteiger partial charge is 0.465 e. The number of ether oxygens (including phenoxy) is 1. The zero-order valence-electron chi connectivity index (χ0n) is 17.0. The minimum atomic E-state index is -0.526. The van der Waals surface area contributed by atoms with Gasteiger partial charge in [-0.3, -0.25) is 14.5 Å². The minimum Gasteiger partial charge on any atom is -0.465 e. The summed E-state index contributed by atoms with van der Waals surface area (Å²) in [6.45, 7) is 4.35. The number of anilines is 2. The number of benzene rings is 2. The van der Waals surface area contributed by atoms with Crippen molar-refractivity contribution in [1.82, 2.24) is 4.90 Å². The van der Waals surface area contributed by atoms with Gasteiger partial charge in [-0.05, 0) is 44.2 Å². The Hall–Kier alpha value is -3.19. The Morgan fingerprint density at radius 2 is 1.66 bits per heavy atom. The summed E-state index contributed by atoms with van der Waals surface area (Å²) in [7, 11) is 1.29. The molecule has 1 atom stereocenters. The fraction of sp³-hybridized carbons (Fsp3) is 0.318. The first-order valence-electron chi connectivity index (χ1n) is 9.53. The zero-order valence-corrected chi connectivity index (χ0v) is 17.0. The summed E-state index contributed by atoms with van der Waals surface area (Å²) in [6, 6.07) is 15.3. The highest BCUT2D eigenvalue weighted by Crippen LogP contribution is 2.16. The maximum atomic E-state index is 12.6. The van der Waals surface area contributed by atoms with E-state index in [0.717, 1.165) is 6.42 Å². The third-order valence-electron chi connectivity index (χ3n) is 4.43. The van der Waals surface area contributed by atoms with Crippen molar-refractivity contribution in [2.75, 3.05) is 30.8 Å². The molecular weight excluding hydrogens is 370 g/mol.